The van der Waals surface area contributed by atoms with Gasteiger partial charge in [0.2, 0.25) is 5.91 Å². The van der Waals surface area contributed by atoms with Gasteiger partial charge in [0.05, 0.1) is 12.9 Å². The summed E-state index contributed by atoms with van der Waals surface area (Å²) in [6.07, 6.45) is 11.0. The highest BCUT2D eigenvalue weighted by atomic mass is 16.2. The Morgan fingerprint density at radius 2 is 2.12 bits per heavy atom. The Hall–Kier alpha value is -2.18. The van der Waals surface area contributed by atoms with Crippen LogP contribution in [0.2, 0.25) is 0 Å². The van der Waals surface area contributed by atoms with Gasteiger partial charge in [-0.05, 0) is 18.3 Å². The molecule has 2 aromatic rings. The zero-order valence-electron chi connectivity index (χ0n) is 14.0. The summed E-state index contributed by atoms with van der Waals surface area (Å²) < 4.78 is 0. The predicted octanol–water partition coefficient (Wildman–Crippen LogP) is 1.87. The Balaban J connectivity index is 1.32. The maximum absolute atomic E-state index is 12.4. The minimum absolute atomic E-state index is 0.0621. The van der Waals surface area contributed by atoms with Crippen LogP contribution in [0.1, 0.15) is 38.5 Å². The number of nitrogens with one attached hydrogen (secondary N) is 2. The van der Waals surface area contributed by atoms with E-state index < -0.39 is 0 Å². The number of imidazole rings is 1. The summed E-state index contributed by atoms with van der Waals surface area (Å²) in [5.41, 5.74) is 1.38. The molecule has 2 fully saturated rings. The molecule has 0 aromatic carbocycles. The fourth-order valence-corrected chi connectivity index (χ4v) is 4.05. The number of carbonyl (C=O) groups excluding carboxylic acids is 1. The highest BCUT2D eigenvalue weighted by Crippen LogP contribution is 2.44. The standard InChI is InChI=1S/C17H24N6O/c1-23(17-15-16(19-9-18-15)20-10-21-17)8-14(24)22-13-7-12(13)11-5-3-2-4-6-11/h9-13H,2-8H2,1H3,(H,22,24)(H,18,19,20,21)/t12-,13-/m0/s1. The second kappa shape index (κ2) is 6.37. The van der Waals surface area contributed by atoms with Gasteiger partial charge in [-0.1, -0.05) is 32.1 Å². The maximum atomic E-state index is 12.4. The van der Waals surface area contributed by atoms with Crippen LogP contribution in [0.4, 0.5) is 5.82 Å². The van der Waals surface area contributed by atoms with E-state index in [2.05, 4.69) is 25.3 Å². The summed E-state index contributed by atoms with van der Waals surface area (Å²) in [5, 5.41) is 3.19. The lowest BCUT2D eigenvalue weighted by Crippen LogP contribution is -2.37. The van der Waals surface area contributed by atoms with Gasteiger partial charge in [0.15, 0.2) is 11.5 Å². The minimum atomic E-state index is 0.0621. The molecule has 2 aliphatic carbocycles. The number of hydrogen-bond acceptors (Lipinski definition) is 5. The molecule has 0 spiro atoms. The van der Waals surface area contributed by atoms with Crippen molar-refractivity contribution < 1.29 is 4.79 Å². The highest BCUT2D eigenvalue weighted by molar-refractivity contribution is 5.87. The van der Waals surface area contributed by atoms with Crippen LogP contribution in [0, 0.1) is 11.8 Å². The van der Waals surface area contributed by atoms with E-state index in [-0.39, 0.29) is 5.91 Å². The number of H-pyrrole nitrogens is 1. The van der Waals surface area contributed by atoms with Gasteiger partial charge in [-0.2, -0.15) is 0 Å². The summed E-state index contributed by atoms with van der Waals surface area (Å²) in [6.45, 7) is 0.291. The molecular weight excluding hydrogens is 304 g/mol. The van der Waals surface area contributed by atoms with Crippen molar-refractivity contribution in [2.45, 2.75) is 44.6 Å². The van der Waals surface area contributed by atoms with Crippen molar-refractivity contribution in [2.24, 2.45) is 11.8 Å². The third kappa shape index (κ3) is 3.07. The summed E-state index contributed by atoms with van der Waals surface area (Å²) in [4.78, 5) is 29.7. The molecule has 2 N–H and O–H groups in total. The fourth-order valence-electron chi connectivity index (χ4n) is 4.05. The first-order valence-corrected chi connectivity index (χ1v) is 8.87. The predicted molar refractivity (Wildman–Crippen MR) is 91.6 cm³/mol. The first kappa shape index (κ1) is 15.4. The first-order valence-electron chi connectivity index (χ1n) is 8.87. The lowest BCUT2D eigenvalue weighted by atomic mass is 9.85. The van der Waals surface area contributed by atoms with E-state index in [1.54, 1.807) is 6.33 Å². The minimum Gasteiger partial charge on any atom is -0.352 e. The molecule has 7 heteroatoms. The van der Waals surface area contributed by atoms with E-state index in [9.17, 15) is 4.79 Å². The quantitative estimate of drug-likeness (QED) is 0.875. The molecular formula is C17H24N6O. The van der Waals surface area contributed by atoms with E-state index in [0.717, 1.165) is 17.9 Å². The average Bonchev–Trinajstić information content (AvgIpc) is 3.18. The van der Waals surface area contributed by atoms with Gasteiger partial charge in [0.25, 0.3) is 0 Å². The Morgan fingerprint density at radius 3 is 2.96 bits per heavy atom. The SMILES string of the molecule is CN(CC(=O)N[C@H]1C[C@H]1C1CCCCC1)c1ncnc2nc[nH]c12. The molecule has 2 saturated carbocycles. The maximum Gasteiger partial charge on any atom is 0.239 e. The number of hydrogen-bond donors (Lipinski definition) is 2. The molecule has 2 heterocycles. The van der Waals surface area contributed by atoms with Crippen molar-refractivity contribution in [3.8, 4) is 0 Å². The fraction of sp³-hybridized carbons (Fsp3) is 0.647. The highest BCUT2D eigenvalue weighted by Gasteiger charge is 2.43. The zero-order chi connectivity index (χ0) is 16.5. The number of fused-ring (bicyclic) bond motifs is 1. The van der Waals surface area contributed by atoms with Crippen molar-refractivity contribution in [3.63, 3.8) is 0 Å². The molecule has 128 valence electrons. The molecule has 4 rings (SSSR count). The summed E-state index contributed by atoms with van der Waals surface area (Å²) in [6, 6.07) is 0.381. The number of aromatic nitrogens is 4. The topological polar surface area (TPSA) is 86.8 Å². The Bertz CT molecular complexity index is 723. The van der Waals surface area contributed by atoms with Crippen LogP contribution in [0.25, 0.3) is 11.2 Å². The number of carbonyl (C=O) groups is 1. The molecule has 0 saturated heterocycles. The summed E-state index contributed by atoms with van der Waals surface area (Å²) in [5.74, 6) is 2.30. The van der Waals surface area contributed by atoms with Crippen LogP contribution in [-0.2, 0) is 4.79 Å². The smallest absolute Gasteiger partial charge is 0.239 e. The van der Waals surface area contributed by atoms with Crippen LogP contribution < -0.4 is 10.2 Å². The molecule has 7 nitrogen and oxygen atoms in total. The van der Waals surface area contributed by atoms with E-state index >= 15 is 0 Å². The monoisotopic (exact) mass is 328 g/mol. The molecule has 0 aliphatic heterocycles. The number of likely N-dealkylation sites (N-methyl/N-ethyl adjacent to an activating group) is 1. The number of aromatic amines is 1. The lowest BCUT2D eigenvalue weighted by Gasteiger charge is -2.22. The van der Waals surface area contributed by atoms with E-state index in [0.29, 0.717) is 30.0 Å². The molecule has 2 atom stereocenters. The van der Waals surface area contributed by atoms with Gasteiger partial charge in [0.1, 0.15) is 11.8 Å². The van der Waals surface area contributed by atoms with Crippen molar-refractivity contribution in [3.05, 3.63) is 12.7 Å². The van der Waals surface area contributed by atoms with Crippen molar-refractivity contribution in [1.29, 1.82) is 0 Å². The van der Waals surface area contributed by atoms with Crippen molar-refractivity contribution in [1.82, 2.24) is 25.3 Å². The number of anilines is 1. The van der Waals surface area contributed by atoms with Gasteiger partial charge >= 0.3 is 0 Å². The molecule has 1 amide bonds. The van der Waals surface area contributed by atoms with Gasteiger partial charge in [-0.3, -0.25) is 4.79 Å². The third-order valence-corrected chi connectivity index (χ3v) is 5.39. The second-order valence-corrected chi connectivity index (χ2v) is 7.13. The number of amides is 1. The lowest BCUT2D eigenvalue weighted by molar-refractivity contribution is -0.120. The number of nitrogens with zero attached hydrogens (tertiary/aromatic N) is 4. The number of rotatable bonds is 5. The molecule has 0 unspecified atom stereocenters. The first-order chi connectivity index (χ1) is 11.7. The average molecular weight is 328 g/mol. The normalized spacial score (nSPS) is 24.0. The van der Waals surface area contributed by atoms with Crippen LogP contribution in [0.15, 0.2) is 12.7 Å². The van der Waals surface area contributed by atoms with Crippen LogP contribution >= 0.6 is 0 Å². The summed E-state index contributed by atoms with van der Waals surface area (Å²) in [7, 11) is 1.87. The van der Waals surface area contributed by atoms with Gasteiger partial charge < -0.3 is 15.2 Å². The molecule has 24 heavy (non-hydrogen) atoms. The van der Waals surface area contributed by atoms with E-state index in [1.807, 2.05) is 11.9 Å². The van der Waals surface area contributed by atoms with Crippen molar-refractivity contribution >= 4 is 22.9 Å². The Labute approximate surface area is 141 Å². The van der Waals surface area contributed by atoms with E-state index in [4.69, 9.17) is 0 Å². The van der Waals surface area contributed by atoms with Crippen LogP contribution in [-0.4, -0.2) is 45.5 Å². The Morgan fingerprint density at radius 1 is 1.29 bits per heavy atom. The Kier molecular flexibility index (Phi) is 4.08. The zero-order valence-corrected chi connectivity index (χ0v) is 14.0. The largest absolute Gasteiger partial charge is 0.352 e. The molecule has 0 bridgehead atoms. The second-order valence-electron chi connectivity index (χ2n) is 7.13. The van der Waals surface area contributed by atoms with E-state index in [1.165, 1.54) is 38.4 Å². The molecule has 2 aliphatic rings. The van der Waals surface area contributed by atoms with Crippen molar-refractivity contribution in [2.75, 3.05) is 18.5 Å². The molecule has 0 radical (unpaired) electrons. The van der Waals surface area contributed by atoms with Gasteiger partial charge in [0, 0.05) is 13.1 Å². The van der Waals surface area contributed by atoms with Gasteiger partial charge in [-0.25, -0.2) is 15.0 Å². The third-order valence-electron chi connectivity index (χ3n) is 5.39. The van der Waals surface area contributed by atoms with Crippen LogP contribution in [0.5, 0.6) is 0 Å². The van der Waals surface area contributed by atoms with Gasteiger partial charge in [-0.15, -0.1) is 0 Å². The van der Waals surface area contributed by atoms with Crippen LogP contribution in [0.3, 0.4) is 0 Å². The molecule has 2 aromatic heterocycles. The summed E-state index contributed by atoms with van der Waals surface area (Å²) >= 11 is 0.